The fraction of sp³-hybridized carbons (Fsp3) is 0.111. The van der Waals surface area contributed by atoms with Gasteiger partial charge in [0.2, 0.25) is 0 Å². The van der Waals surface area contributed by atoms with Crippen LogP contribution in [0.2, 0.25) is 0 Å². The van der Waals surface area contributed by atoms with Crippen LogP contribution >= 0.6 is 0 Å². The lowest BCUT2D eigenvalue weighted by Gasteiger charge is -2.01. The van der Waals surface area contributed by atoms with E-state index in [1.807, 2.05) is 6.07 Å². The Bertz CT molecular complexity index is 284. The molecule has 0 aromatic heterocycles. The molecular formula is C9H9NO3. The zero-order valence-electron chi connectivity index (χ0n) is 6.97. The molecule has 0 aliphatic carbocycles. The third kappa shape index (κ3) is 2.94. The normalized spacial score (nSPS) is 8.92. The van der Waals surface area contributed by atoms with Gasteiger partial charge in [-0.1, -0.05) is 23.4 Å². The van der Waals surface area contributed by atoms with Crippen molar-refractivity contribution in [1.82, 2.24) is 0 Å². The van der Waals surface area contributed by atoms with Gasteiger partial charge in [0.25, 0.3) is 6.79 Å². The van der Waals surface area contributed by atoms with E-state index < -0.39 is 5.97 Å². The van der Waals surface area contributed by atoms with Crippen molar-refractivity contribution in [2.24, 2.45) is 5.16 Å². The highest BCUT2D eigenvalue weighted by molar-refractivity contribution is 5.89. The van der Waals surface area contributed by atoms with Gasteiger partial charge in [0, 0.05) is 6.72 Å². The van der Waals surface area contributed by atoms with E-state index in [0.29, 0.717) is 5.56 Å². The van der Waals surface area contributed by atoms with Crippen molar-refractivity contribution in [2.45, 2.75) is 0 Å². The number of oxime groups is 1. The van der Waals surface area contributed by atoms with Crippen LogP contribution in [0.1, 0.15) is 10.4 Å². The van der Waals surface area contributed by atoms with Crippen LogP contribution in [0, 0.1) is 0 Å². The number of benzene rings is 1. The maximum absolute atomic E-state index is 11.2. The Morgan fingerprint density at radius 1 is 1.38 bits per heavy atom. The first kappa shape index (κ1) is 9.25. The summed E-state index contributed by atoms with van der Waals surface area (Å²) in [5.74, 6) is -0.441. The van der Waals surface area contributed by atoms with Gasteiger partial charge < -0.3 is 9.57 Å². The average molecular weight is 179 g/mol. The van der Waals surface area contributed by atoms with Crippen molar-refractivity contribution in [3.63, 3.8) is 0 Å². The molecule has 0 aliphatic rings. The Kier molecular flexibility index (Phi) is 3.50. The molecule has 0 aliphatic heterocycles. The SMILES string of the molecule is C=NOCOC(=O)c1ccccc1. The Morgan fingerprint density at radius 2 is 2.08 bits per heavy atom. The Balaban J connectivity index is 2.45. The second-order valence-corrected chi connectivity index (χ2v) is 2.17. The fourth-order valence-corrected chi connectivity index (χ4v) is 0.775. The predicted octanol–water partition coefficient (Wildman–Crippen LogP) is 1.43. The van der Waals surface area contributed by atoms with Gasteiger partial charge in [-0.3, -0.25) is 0 Å². The van der Waals surface area contributed by atoms with Gasteiger partial charge in [-0.15, -0.1) is 0 Å². The molecule has 0 saturated heterocycles. The summed E-state index contributed by atoms with van der Waals surface area (Å²) in [7, 11) is 0. The molecule has 0 saturated carbocycles. The summed E-state index contributed by atoms with van der Waals surface area (Å²) in [5.41, 5.74) is 0.482. The van der Waals surface area contributed by atoms with Crippen LogP contribution in [0.5, 0.6) is 0 Å². The smallest absolute Gasteiger partial charge is 0.341 e. The van der Waals surface area contributed by atoms with E-state index in [4.69, 9.17) is 0 Å². The first-order valence-electron chi connectivity index (χ1n) is 3.65. The summed E-state index contributed by atoms with van der Waals surface area (Å²) in [5, 5.41) is 3.07. The maximum Gasteiger partial charge on any atom is 0.341 e. The first-order valence-corrected chi connectivity index (χ1v) is 3.65. The molecule has 0 N–H and O–H groups in total. The summed E-state index contributed by atoms with van der Waals surface area (Å²) in [6, 6.07) is 8.64. The van der Waals surface area contributed by atoms with Crippen LogP contribution in [0.25, 0.3) is 0 Å². The van der Waals surface area contributed by atoms with E-state index in [0.717, 1.165) is 0 Å². The van der Waals surface area contributed by atoms with Crippen LogP contribution in [-0.4, -0.2) is 19.5 Å². The first-order chi connectivity index (χ1) is 6.34. The molecule has 13 heavy (non-hydrogen) atoms. The molecule has 4 nitrogen and oxygen atoms in total. The lowest BCUT2D eigenvalue weighted by molar-refractivity contribution is -0.0290. The van der Waals surface area contributed by atoms with E-state index >= 15 is 0 Å². The van der Waals surface area contributed by atoms with E-state index in [1.54, 1.807) is 24.3 Å². The van der Waals surface area contributed by atoms with Crippen molar-refractivity contribution >= 4 is 12.7 Å². The van der Waals surface area contributed by atoms with Crippen molar-refractivity contribution < 1.29 is 14.4 Å². The van der Waals surface area contributed by atoms with Crippen LogP contribution in [0.15, 0.2) is 35.5 Å². The number of rotatable bonds is 4. The lowest BCUT2D eigenvalue weighted by Crippen LogP contribution is -2.06. The molecular weight excluding hydrogens is 170 g/mol. The van der Waals surface area contributed by atoms with Gasteiger partial charge in [-0.25, -0.2) is 4.79 Å². The number of hydrogen-bond donors (Lipinski definition) is 0. The summed E-state index contributed by atoms with van der Waals surface area (Å²) in [6.45, 7) is 2.86. The molecule has 0 heterocycles. The minimum Gasteiger partial charge on any atom is -0.422 e. The van der Waals surface area contributed by atoms with Crippen LogP contribution in [0.3, 0.4) is 0 Å². The second-order valence-electron chi connectivity index (χ2n) is 2.17. The third-order valence-corrected chi connectivity index (χ3v) is 1.34. The summed E-state index contributed by atoms with van der Waals surface area (Å²) in [6.07, 6.45) is 0. The fourth-order valence-electron chi connectivity index (χ4n) is 0.775. The quantitative estimate of drug-likeness (QED) is 0.231. The summed E-state index contributed by atoms with van der Waals surface area (Å²) >= 11 is 0. The van der Waals surface area contributed by atoms with Gasteiger partial charge in [0.15, 0.2) is 0 Å². The van der Waals surface area contributed by atoms with Gasteiger partial charge >= 0.3 is 5.97 Å². The summed E-state index contributed by atoms with van der Waals surface area (Å²) in [4.78, 5) is 15.6. The number of carbonyl (C=O) groups is 1. The maximum atomic E-state index is 11.2. The van der Waals surface area contributed by atoms with Gasteiger partial charge in [0.05, 0.1) is 5.56 Å². The van der Waals surface area contributed by atoms with Crippen molar-refractivity contribution in [1.29, 1.82) is 0 Å². The molecule has 1 aromatic rings. The highest BCUT2D eigenvalue weighted by Crippen LogP contribution is 2.00. The van der Waals surface area contributed by atoms with Gasteiger partial charge in [0.1, 0.15) is 0 Å². The van der Waals surface area contributed by atoms with Gasteiger partial charge in [-0.05, 0) is 12.1 Å². The molecule has 68 valence electrons. The third-order valence-electron chi connectivity index (χ3n) is 1.34. The molecule has 0 fully saturated rings. The number of esters is 1. The molecule has 1 rings (SSSR count). The minimum absolute atomic E-state index is 0.211. The van der Waals surface area contributed by atoms with Crippen LogP contribution < -0.4 is 0 Å². The Hall–Kier alpha value is -1.84. The van der Waals surface area contributed by atoms with E-state index in [9.17, 15) is 4.79 Å². The van der Waals surface area contributed by atoms with Gasteiger partial charge in [-0.2, -0.15) is 0 Å². The van der Waals surface area contributed by atoms with E-state index in [2.05, 4.69) is 21.4 Å². The molecule has 0 bridgehead atoms. The highest BCUT2D eigenvalue weighted by Gasteiger charge is 2.04. The molecule has 1 aromatic carbocycles. The topological polar surface area (TPSA) is 47.9 Å². The Morgan fingerprint density at radius 3 is 2.69 bits per heavy atom. The molecule has 0 atom stereocenters. The monoisotopic (exact) mass is 179 g/mol. The number of carbonyl (C=O) groups excluding carboxylic acids is 1. The molecule has 0 radical (unpaired) electrons. The predicted molar refractivity (Wildman–Crippen MR) is 47.4 cm³/mol. The molecule has 4 heteroatoms. The van der Waals surface area contributed by atoms with Crippen LogP contribution in [0.4, 0.5) is 0 Å². The molecule has 0 unspecified atom stereocenters. The second kappa shape index (κ2) is 4.92. The zero-order valence-corrected chi connectivity index (χ0v) is 6.97. The van der Waals surface area contributed by atoms with Crippen molar-refractivity contribution in [2.75, 3.05) is 6.79 Å². The standard InChI is InChI=1S/C9H9NO3/c1-10-13-7-12-9(11)8-5-3-2-4-6-8/h2-6H,1,7H2. The zero-order chi connectivity index (χ0) is 9.52. The van der Waals surface area contributed by atoms with E-state index in [1.165, 1.54) is 0 Å². The molecule has 0 amide bonds. The largest absolute Gasteiger partial charge is 0.422 e. The molecule has 0 spiro atoms. The average Bonchev–Trinajstić information content (AvgIpc) is 2.19. The summed E-state index contributed by atoms with van der Waals surface area (Å²) < 4.78 is 4.67. The Labute approximate surface area is 75.8 Å². The highest BCUT2D eigenvalue weighted by atomic mass is 16.8. The van der Waals surface area contributed by atoms with E-state index in [-0.39, 0.29) is 6.79 Å². The lowest BCUT2D eigenvalue weighted by atomic mass is 10.2. The minimum atomic E-state index is -0.441. The van der Waals surface area contributed by atoms with Crippen LogP contribution in [-0.2, 0) is 9.57 Å². The van der Waals surface area contributed by atoms with Crippen molar-refractivity contribution in [3.05, 3.63) is 35.9 Å². The number of ether oxygens (including phenoxy) is 1. The number of hydrogen-bond acceptors (Lipinski definition) is 4. The van der Waals surface area contributed by atoms with Crippen molar-refractivity contribution in [3.8, 4) is 0 Å². The number of nitrogens with zero attached hydrogens (tertiary/aromatic N) is 1.